The van der Waals surface area contributed by atoms with E-state index in [9.17, 15) is 9.59 Å². The van der Waals surface area contributed by atoms with Crippen molar-refractivity contribution in [1.29, 1.82) is 0 Å². The Balaban J connectivity index is 2.95. The predicted octanol–water partition coefficient (Wildman–Crippen LogP) is 1.69. The Bertz CT molecular complexity index is 421. The van der Waals surface area contributed by atoms with E-state index in [-0.39, 0.29) is 0 Å². The van der Waals surface area contributed by atoms with Gasteiger partial charge in [0.15, 0.2) is 6.29 Å². The highest BCUT2D eigenvalue weighted by atomic mass is 16.5. The molecule has 0 N–H and O–H groups in total. The second kappa shape index (κ2) is 5.70. The fraction of sp³-hybridized carbons (Fsp3) is 0.167. The second-order valence-electron chi connectivity index (χ2n) is 2.98. The summed E-state index contributed by atoms with van der Waals surface area (Å²) < 4.78 is 9.44. The number of aldehydes is 1. The monoisotopic (exact) mass is 220 g/mol. The van der Waals surface area contributed by atoms with Gasteiger partial charge < -0.3 is 9.47 Å². The van der Waals surface area contributed by atoms with Crippen LogP contribution in [0.3, 0.4) is 0 Å². The smallest absolute Gasteiger partial charge is 0.330 e. The normalized spacial score (nSPS) is 10.1. The Labute approximate surface area is 93.5 Å². The molecule has 0 bridgehead atoms. The van der Waals surface area contributed by atoms with E-state index in [0.29, 0.717) is 17.6 Å². The van der Waals surface area contributed by atoms with Crippen molar-refractivity contribution in [1.82, 2.24) is 0 Å². The van der Waals surface area contributed by atoms with Crippen LogP contribution in [0.25, 0.3) is 6.08 Å². The van der Waals surface area contributed by atoms with Gasteiger partial charge in [-0.15, -0.1) is 0 Å². The van der Waals surface area contributed by atoms with E-state index in [2.05, 4.69) is 4.74 Å². The van der Waals surface area contributed by atoms with Crippen LogP contribution in [0.5, 0.6) is 5.75 Å². The van der Waals surface area contributed by atoms with Crippen molar-refractivity contribution in [3.8, 4) is 5.75 Å². The maximum atomic E-state index is 10.9. The highest BCUT2D eigenvalue weighted by Gasteiger charge is 2.01. The summed E-state index contributed by atoms with van der Waals surface area (Å²) >= 11 is 0. The zero-order chi connectivity index (χ0) is 12.0. The predicted molar refractivity (Wildman–Crippen MR) is 59.4 cm³/mol. The third-order valence-corrected chi connectivity index (χ3v) is 1.99. The maximum Gasteiger partial charge on any atom is 0.330 e. The largest absolute Gasteiger partial charge is 0.496 e. The molecule has 0 aromatic heterocycles. The first-order chi connectivity index (χ1) is 7.71. The number of hydrogen-bond acceptors (Lipinski definition) is 4. The molecular weight excluding hydrogens is 208 g/mol. The molecule has 0 aliphatic heterocycles. The van der Waals surface area contributed by atoms with Crippen LogP contribution in [0.15, 0.2) is 24.3 Å². The SMILES string of the molecule is COC(=O)/C=C/c1ccc(OC)c(C=O)c1. The summed E-state index contributed by atoms with van der Waals surface area (Å²) in [6, 6.07) is 5.04. The van der Waals surface area contributed by atoms with Gasteiger partial charge in [0.2, 0.25) is 0 Å². The van der Waals surface area contributed by atoms with E-state index < -0.39 is 5.97 Å². The first-order valence-electron chi connectivity index (χ1n) is 4.60. The quantitative estimate of drug-likeness (QED) is 0.440. The van der Waals surface area contributed by atoms with Crippen LogP contribution in [-0.4, -0.2) is 26.5 Å². The number of benzene rings is 1. The number of carbonyl (C=O) groups is 2. The third-order valence-electron chi connectivity index (χ3n) is 1.99. The summed E-state index contributed by atoms with van der Waals surface area (Å²) in [7, 11) is 2.80. The molecular formula is C12H12O4. The first kappa shape index (κ1) is 12.0. The topological polar surface area (TPSA) is 52.6 Å². The van der Waals surface area contributed by atoms with Crippen LogP contribution < -0.4 is 4.74 Å². The zero-order valence-electron chi connectivity index (χ0n) is 9.10. The fourth-order valence-corrected chi connectivity index (χ4v) is 1.18. The average Bonchev–Trinajstić information content (AvgIpc) is 2.35. The van der Waals surface area contributed by atoms with E-state index in [1.807, 2.05) is 0 Å². The Kier molecular flexibility index (Phi) is 4.27. The number of ether oxygens (including phenoxy) is 2. The van der Waals surface area contributed by atoms with E-state index >= 15 is 0 Å². The molecule has 4 nitrogen and oxygen atoms in total. The van der Waals surface area contributed by atoms with Crippen molar-refractivity contribution in [3.05, 3.63) is 35.4 Å². The molecule has 0 heterocycles. The molecule has 16 heavy (non-hydrogen) atoms. The minimum Gasteiger partial charge on any atom is -0.496 e. The fourth-order valence-electron chi connectivity index (χ4n) is 1.18. The van der Waals surface area contributed by atoms with Crippen LogP contribution in [0.4, 0.5) is 0 Å². The highest BCUT2D eigenvalue weighted by Crippen LogP contribution is 2.18. The molecule has 84 valence electrons. The number of methoxy groups -OCH3 is 2. The molecule has 4 heteroatoms. The van der Waals surface area contributed by atoms with Crippen LogP contribution >= 0.6 is 0 Å². The zero-order valence-corrected chi connectivity index (χ0v) is 9.10. The molecule has 0 fully saturated rings. The van der Waals surface area contributed by atoms with Gasteiger partial charge in [-0.1, -0.05) is 6.07 Å². The Morgan fingerprint density at radius 2 is 2.06 bits per heavy atom. The van der Waals surface area contributed by atoms with Crippen molar-refractivity contribution in [2.24, 2.45) is 0 Å². The minimum absolute atomic E-state index is 0.439. The molecule has 0 radical (unpaired) electrons. The van der Waals surface area contributed by atoms with Gasteiger partial charge in [0.1, 0.15) is 5.75 Å². The van der Waals surface area contributed by atoms with Crippen LogP contribution in [-0.2, 0) is 9.53 Å². The van der Waals surface area contributed by atoms with E-state index in [0.717, 1.165) is 5.56 Å². The minimum atomic E-state index is -0.441. The van der Waals surface area contributed by atoms with Crippen molar-refractivity contribution in [2.75, 3.05) is 14.2 Å². The molecule has 0 spiro atoms. The second-order valence-corrected chi connectivity index (χ2v) is 2.98. The standard InChI is InChI=1S/C12H12O4/c1-15-11-5-3-9(7-10(11)8-13)4-6-12(14)16-2/h3-8H,1-2H3/b6-4+. The van der Waals surface area contributed by atoms with Crippen LogP contribution in [0.1, 0.15) is 15.9 Å². The molecule has 0 aliphatic carbocycles. The van der Waals surface area contributed by atoms with Crippen molar-refractivity contribution in [2.45, 2.75) is 0 Å². The molecule has 0 saturated heterocycles. The lowest BCUT2D eigenvalue weighted by molar-refractivity contribution is -0.134. The lowest BCUT2D eigenvalue weighted by atomic mass is 10.1. The molecule has 1 aromatic rings. The average molecular weight is 220 g/mol. The molecule has 0 saturated carbocycles. The number of carbonyl (C=O) groups excluding carboxylic acids is 2. The van der Waals surface area contributed by atoms with Crippen molar-refractivity contribution in [3.63, 3.8) is 0 Å². The van der Waals surface area contributed by atoms with Crippen LogP contribution in [0, 0.1) is 0 Å². The van der Waals surface area contributed by atoms with Crippen LogP contribution in [0.2, 0.25) is 0 Å². The Morgan fingerprint density at radius 1 is 1.31 bits per heavy atom. The Morgan fingerprint density at radius 3 is 2.62 bits per heavy atom. The van der Waals surface area contributed by atoms with E-state index in [1.165, 1.54) is 20.3 Å². The molecule has 0 aliphatic rings. The van der Waals surface area contributed by atoms with Gasteiger partial charge >= 0.3 is 5.97 Å². The summed E-state index contributed by atoms with van der Waals surface area (Å²) in [5, 5.41) is 0. The summed E-state index contributed by atoms with van der Waals surface area (Å²) in [5.41, 5.74) is 1.17. The molecule has 0 amide bonds. The van der Waals surface area contributed by atoms with Gasteiger partial charge in [-0.2, -0.15) is 0 Å². The van der Waals surface area contributed by atoms with E-state index in [1.54, 1.807) is 24.3 Å². The van der Waals surface area contributed by atoms with Gasteiger partial charge in [0, 0.05) is 6.08 Å². The molecule has 1 aromatic carbocycles. The summed E-state index contributed by atoms with van der Waals surface area (Å²) in [6.07, 6.45) is 3.56. The summed E-state index contributed by atoms with van der Waals surface area (Å²) in [4.78, 5) is 21.6. The number of hydrogen-bond donors (Lipinski definition) is 0. The van der Waals surface area contributed by atoms with Gasteiger partial charge in [-0.25, -0.2) is 4.79 Å². The summed E-state index contributed by atoms with van der Waals surface area (Å²) in [6.45, 7) is 0. The lowest BCUT2D eigenvalue weighted by Crippen LogP contribution is -1.94. The van der Waals surface area contributed by atoms with Gasteiger partial charge in [0.05, 0.1) is 19.8 Å². The molecule has 0 atom stereocenters. The van der Waals surface area contributed by atoms with Gasteiger partial charge in [0.25, 0.3) is 0 Å². The van der Waals surface area contributed by atoms with E-state index in [4.69, 9.17) is 4.74 Å². The maximum absolute atomic E-state index is 10.9. The summed E-state index contributed by atoms with van der Waals surface area (Å²) in [5.74, 6) is 0.0636. The third kappa shape index (κ3) is 2.95. The lowest BCUT2D eigenvalue weighted by Gasteiger charge is -2.03. The molecule has 1 rings (SSSR count). The van der Waals surface area contributed by atoms with Crippen molar-refractivity contribution >= 4 is 18.3 Å². The highest BCUT2D eigenvalue weighted by molar-refractivity contribution is 5.88. The number of rotatable bonds is 4. The molecule has 0 unspecified atom stereocenters. The first-order valence-corrected chi connectivity index (χ1v) is 4.60. The van der Waals surface area contributed by atoms with Gasteiger partial charge in [-0.3, -0.25) is 4.79 Å². The van der Waals surface area contributed by atoms with Crippen molar-refractivity contribution < 1.29 is 19.1 Å². The Hall–Kier alpha value is -2.10. The van der Waals surface area contributed by atoms with Gasteiger partial charge in [-0.05, 0) is 23.8 Å². The number of esters is 1.